The van der Waals surface area contributed by atoms with Crippen LogP contribution >= 0.6 is 11.3 Å². The molecule has 150 valence electrons. The van der Waals surface area contributed by atoms with E-state index in [1.54, 1.807) is 34.7 Å². The third-order valence-electron chi connectivity index (χ3n) is 5.11. The molecule has 0 aliphatic carbocycles. The fourth-order valence-electron chi connectivity index (χ4n) is 3.56. The van der Waals surface area contributed by atoms with E-state index in [4.69, 9.17) is 0 Å². The van der Waals surface area contributed by atoms with E-state index in [0.717, 1.165) is 24.8 Å². The summed E-state index contributed by atoms with van der Waals surface area (Å²) in [6.07, 6.45) is 5.85. The highest BCUT2D eigenvalue weighted by atomic mass is 32.1. The maximum atomic E-state index is 12.9. The molecule has 2 N–H and O–H groups in total. The van der Waals surface area contributed by atoms with Gasteiger partial charge in [-0.3, -0.25) is 19.7 Å². The Hall–Kier alpha value is -3.00. The van der Waals surface area contributed by atoms with Gasteiger partial charge in [-0.1, -0.05) is 6.07 Å². The zero-order valence-corrected chi connectivity index (χ0v) is 16.8. The molecule has 2 amide bonds. The van der Waals surface area contributed by atoms with E-state index >= 15 is 0 Å². The zero-order valence-electron chi connectivity index (χ0n) is 16.0. The van der Waals surface area contributed by atoms with Crippen molar-refractivity contribution in [3.05, 3.63) is 58.7 Å². The minimum Gasteiger partial charge on any atom is -0.355 e. The molecule has 1 fully saturated rings. The number of H-pyrrole nitrogens is 1. The SMILES string of the molecule is O=C(NCCc1cccs1)C1CCCN(C(=O)c2cc(-c3ccncc3)n[nH]2)C1. The lowest BCUT2D eigenvalue weighted by Gasteiger charge is -2.31. The van der Waals surface area contributed by atoms with Crippen LogP contribution in [0.15, 0.2) is 48.1 Å². The van der Waals surface area contributed by atoms with Gasteiger partial charge in [-0.2, -0.15) is 5.10 Å². The molecule has 1 unspecified atom stereocenters. The van der Waals surface area contributed by atoms with Crippen molar-refractivity contribution in [3.8, 4) is 11.3 Å². The minimum absolute atomic E-state index is 0.0288. The summed E-state index contributed by atoms with van der Waals surface area (Å²) in [5, 5.41) is 12.1. The van der Waals surface area contributed by atoms with Crippen molar-refractivity contribution in [1.82, 2.24) is 25.4 Å². The molecule has 4 heterocycles. The van der Waals surface area contributed by atoms with Gasteiger partial charge in [0.25, 0.3) is 5.91 Å². The number of amides is 2. The molecular formula is C21H23N5O2S. The third-order valence-corrected chi connectivity index (χ3v) is 6.05. The monoisotopic (exact) mass is 409 g/mol. The third kappa shape index (κ3) is 4.71. The van der Waals surface area contributed by atoms with Crippen LogP contribution in [0.25, 0.3) is 11.3 Å². The molecule has 0 radical (unpaired) electrons. The molecule has 8 heteroatoms. The first kappa shape index (κ1) is 19.3. The van der Waals surface area contributed by atoms with Crippen molar-refractivity contribution in [2.45, 2.75) is 19.3 Å². The van der Waals surface area contributed by atoms with E-state index in [0.29, 0.717) is 31.0 Å². The van der Waals surface area contributed by atoms with Crippen LogP contribution in [0.3, 0.4) is 0 Å². The number of piperidine rings is 1. The number of thiophene rings is 1. The lowest BCUT2D eigenvalue weighted by molar-refractivity contribution is -0.126. The van der Waals surface area contributed by atoms with E-state index in [2.05, 4.69) is 26.6 Å². The van der Waals surface area contributed by atoms with Crippen LogP contribution in [0, 0.1) is 5.92 Å². The van der Waals surface area contributed by atoms with Gasteiger partial charge >= 0.3 is 0 Å². The topological polar surface area (TPSA) is 91.0 Å². The Morgan fingerprint density at radius 2 is 2.14 bits per heavy atom. The van der Waals surface area contributed by atoms with Crippen LogP contribution in [0.2, 0.25) is 0 Å². The number of aromatic nitrogens is 3. The van der Waals surface area contributed by atoms with Crippen molar-refractivity contribution in [2.24, 2.45) is 5.92 Å². The van der Waals surface area contributed by atoms with Crippen LogP contribution < -0.4 is 5.32 Å². The van der Waals surface area contributed by atoms with Crippen LogP contribution in [-0.4, -0.2) is 51.5 Å². The molecule has 29 heavy (non-hydrogen) atoms. The van der Waals surface area contributed by atoms with E-state index in [1.165, 1.54) is 4.88 Å². The number of carbonyl (C=O) groups excluding carboxylic acids is 2. The second-order valence-corrected chi connectivity index (χ2v) is 8.15. The van der Waals surface area contributed by atoms with Crippen LogP contribution in [0.5, 0.6) is 0 Å². The quantitative estimate of drug-likeness (QED) is 0.655. The maximum Gasteiger partial charge on any atom is 0.271 e. The van der Waals surface area contributed by atoms with Crippen LogP contribution in [0.4, 0.5) is 0 Å². The molecule has 0 saturated carbocycles. The first-order chi connectivity index (χ1) is 14.2. The number of nitrogens with zero attached hydrogens (tertiary/aromatic N) is 3. The van der Waals surface area contributed by atoms with Crippen molar-refractivity contribution < 1.29 is 9.59 Å². The molecule has 4 rings (SSSR count). The zero-order chi connectivity index (χ0) is 20.1. The van der Waals surface area contributed by atoms with Crippen LogP contribution in [-0.2, 0) is 11.2 Å². The first-order valence-corrected chi connectivity index (χ1v) is 10.6. The Morgan fingerprint density at radius 1 is 1.28 bits per heavy atom. The van der Waals surface area contributed by atoms with E-state index < -0.39 is 0 Å². The van der Waals surface area contributed by atoms with Gasteiger partial charge < -0.3 is 10.2 Å². The van der Waals surface area contributed by atoms with Crippen molar-refractivity contribution >= 4 is 23.2 Å². The van der Waals surface area contributed by atoms with Gasteiger partial charge in [0, 0.05) is 42.5 Å². The summed E-state index contributed by atoms with van der Waals surface area (Å²) < 4.78 is 0. The molecule has 1 aliphatic heterocycles. The molecule has 0 spiro atoms. The van der Waals surface area contributed by atoms with Crippen molar-refractivity contribution in [2.75, 3.05) is 19.6 Å². The smallest absolute Gasteiger partial charge is 0.271 e. The van der Waals surface area contributed by atoms with Crippen molar-refractivity contribution in [1.29, 1.82) is 0 Å². The number of hydrogen-bond acceptors (Lipinski definition) is 5. The fourth-order valence-corrected chi connectivity index (χ4v) is 4.26. The molecule has 1 aliphatic rings. The molecular weight excluding hydrogens is 386 g/mol. The molecule has 3 aromatic heterocycles. The maximum absolute atomic E-state index is 12.9. The van der Waals surface area contributed by atoms with Gasteiger partial charge in [0.1, 0.15) is 5.69 Å². The lowest BCUT2D eigenvalue weighted by Crippen LogP contribution is -2.45. The molecule has 0 bridgehead atoms. The summed E-state index contributed by atoms with van der Waals surface area (Å²) in [5.74, 6) is -0.256. The average molecular weight is 410 g/mol. The summed E-state index contributed by atoms with van der Waals surface area (Å²) in [5.41, 5.74) is 2.04. The molecule has 3 aromatic rings. The van der Waals surface area contributed by atoms with Gasteiger partial charge in [-0.05, 0) is 48.9 Å². The highest BCUT2D eigenvalue weighted by Gasteiger charge is 2.29. The van der Waals surface area contributed by atoms with Gasteiger partial charge in [0.05, 0.1) is 11.6 Å². The Labute approximate surface area is 173 Å². The Balaban J connectivity index is 1.33. The van der Waals surface area contributed by atoms with E-state index in [9.17, 15) is 9.59 Å². The predicted octanol–water partition coefficient (Wildman–Crippen LogP) is 2.74. The number of pyridine rings is 1. The van der Waals surface area contributed by atoms with Gasteiger partial charge in [-0.15, -0.1) is 11.3 Å². The van der Waals surface area contributed by atoms with Gasteiger partial charge in [0.15, 0.2) is 0 Å². The molecule has 1 atom stereocenters. The summed E-state index contributed by atoms with van der Waals surface area (Å²) >= 11 is 1.70. The Morgan fingerprint density at radius 3 is 2.93 bits per heavy atom. The van der Waals surface area contributed by atoms with Gasteiger partial charge in [0.2, 0.25) is 5.91 Å². The van der Waals surface area contributed by atoms with Crippen molar-refractivity contribution in [3.63, 3.8) is 0 Å². The minimum atomic E-state index is -0.168. The lowest BCUT2D eigenvalue weighted by atomic mass is 9.96. The molecule has 7 nitrogen and oxygen atoms in total. The second kappa shape index (κ2) is 9.00. The number of carbonyl (C=O) groups is 2. The normalized spacial score (nSPS) is 16.6. The predicted molar refractivity (Wildman–Crippen MR) is 111 cm³/mol. The summed E-state index contributed by atoms with van der Waals surface area (Å²) in [4.78, 5) is 32.4. The number of likely N-dealkylation sites (tertiary alicyclic amines) is 1. The van der Waals surface area contributed by atoms with Crippen LogP contribution in [0.1, 0.15) is 28.2 Å². The van der Waals surface area contributed by atoms with E-state index in [-0.39, 0.29) is 17.7 Å². The highest BCUT2D eigenvalue weighted by Crippen LogP contribution is 2.21. The second-order valence-electron chi connectivity index (χ2n) is 7.11. The molecule has 1 saturated heterocycles. The molecule has 0 aromatic carbocycles. The fraction of sp³-hybridized carbons (Fsp3) is 0.333. The average Bonchev–Trinajstić information content (AvgIpc) is 3.46. The number of nitrogens with one attached hydrogen (secondary N) is 2. The number of hydrogen-bond donors (Lipinski definition) is 2. The standard InChI is InChI=1S/C21H23N5O2S/c27-20(23-10-7-17-4-2-12-29-17)16-3-1-11-26(14-16)21(28)19-13-18(24-25-19)15-5-8-22-9-6-15/h2,4-6,8-9,12-13,16H,1,3,7,10-11,14H2,(H,23,27)(H,24,25). The summed E-state index contributed by atoms with van der Waals surface area (Å²) in [6, 6.07) is 9.54. The van der Waals surface area contributed by atoms with E-state index in [1.807, 2.05) is 23.6 Å². The number of rotatable bonds is 6. The highest BCUT2D eigenvalue weighted by molar-refractivity contribution is 7.09. The van der Waals surface area contributed by atoms with Gasteiger partial charge in [-0.25, -0.2) is 0 Å². The Kier molecular flexibility index (Phi) is 6.00. The Bertz CT molecular complexity index is 955. The summed E-state index contributed by atoms with van der Waals surface area (Å²) in [6.45, 7) is 1.72. The summed E-state index contributed by atoms with van der Waals surface area (Å²) in [7, 11) is 0. The largest absolute Gasteiger partial charge is 0.355 e. The first-order valence-electron chi connectivity index (χ1n) is 9.76. The number of aromatic amines is 1.